The van der Waals surface area contributed by atoms with Gasteiger partial charge in [-0.3, -0.25) is 4.79 Å². The summed E-state index contributed by atoms with van der Waals surface area (Å²) >= 11 is 0. The van der Waals surface area contributed by atoms with Crippen molar-refractivity contribution in [1.82, 2.24) is 10.3 Å². The number of aliphatic hydroxyl groups excluding tert-OH is 1. The lowest BCUT2D eigenvalue weighted by molar-refractivity contribution is -0.131. The quantitative estimate of drug-likeness (QED) is 0.519. The van der Waals surface area contributed by atoms with Crippen molar-refractivity contribution in [3.05, 3.63) is 65.2 Å². The molecule has 7 heteroatoms. The highest BCUT2D eigenvalue weighted by molar-refractivity contribution is 6.07. The zero-order valence-corrected chi connectivity index (χ0v) is 17.6. The lowest BCUT2D eigenvalue weighted by Gasteiger charge is -2.24. The van der Waals surface area contributed by atoms with Crippen molar-refractivity contribution >= 4 is 23.8 Å². The molecule has 2 aromatic carbocycles. The van der Waals surface area contributed by atoms with Gasteiger partial charge in [-0.25, -0.2) is 4.79 Å². The van der Waals surface area contributed by atoms with Crippen molar-refractivity contribution in [1.29, 1.82) is 0 Å². The Hall–Kier alpha value is -3.19. The number of likely N-dealkylation sites (N-methyl/N-ethyl adjacent to an activating group) is 1. The van der Waals surface area contributed by atoms with Crippen molar-refractivity contribution in [2.45, 2.75) is 32.7 Å². The maximum Gasteiger partial charge on any atom is 0.346 e. The Kier molecular flexibility index (Phi) is 6.52. The SMILES string of the molecule is CCN(CCO)c1ccc(/C=N\N2C(=O)N[C@](CC)(c3ccccc3)C2=O)c(C)c1. The third-order valence-corrected chi connectivity index (χ3v) is 5.55. The molecular formula is C23H28N4O3. The van der Waals surface area contributed by atoms with Crippen LogP contribution in [-0.4, -0.2) is 48.0 Å². The largest absolute Gasteiger partial charge is 0.395 e. The number of aryl methyl sites for hydroxylation is 1. The monoisotopic (exact) mass is 408 g/mol. The first kappa shape index (κ1) is 21.5. The van der Waals surface area contributed by atoms with Crippen LogP contribution in [0.5, 0.6) is 0 Å². The first-order valence-electron chi connectivity index (χ1n) is 10.2. The van der Waals surface area contributed by atoms with Crippen LogP contribution >= 0.6 is 0 Å². The summed E-state index contributed by atoms with van der Waals surface area (Å²) in [4.78, 5) is 27.7. The van der Waals surface area contributed by atoms with Crippen LogP contribution in [-0.2, 0) is 10.3 Å². The van der Waals surface area contributed by atoms with Crippen LogP contribution in [0.3, 0.4) is 0 Å². The average Bonchev–Trinajstić information content (AvgIpc) is 3.02. The number of anilines is 1. The van der Waals surface area contributed by atoms with E-state index in [0.29, 0.717) is 13.0 Å². The van der Waals surface area contributed by atoms with Crippen LogP contribution in [0.2, 0.25) is 0 Å². The third-order valence-electron chi connectivity index (χ3n) is 5.55. The lowest BCUT2D eigenvalue weighted by atomic mass is 9.87. The normalized spacial score (nSPS) is 18.9. The van der Waals surface area contributed by atoms with Gasteiger partial charge in [0.15, 0.2) is 0 Å². The molecule has 30 heavy (non-hydrogen) atoms. The van der Waals surface area contributed by atoms with Gasteiger partial charge in [-0.2, -0.15) is 5.10 Å². The number of hydrogen-bond donors (Lipinski definition) is 2. The number of nitrogens with one attached hydrogen (secondary N) is 1. The standard InChI is InChI=1S/C23H28N4O3/c1-4-23(19-9-7-6-8-10-19)21(29)27(22(30)25-23)24-16-18-11-12-20(15-17(18)3)26(5-2)13-14-28/h6-12,15-16,28H,4-5,13-14H2,1-3H3,(H,25,30)/b24-16-/t23-/m1/s1. The Morgan fingerprint density at radius 3 is 2.50 bits per heavy atom. The predicted molar refractivity (Wildman–Crippen MR) is 118 cm³/mol. The number of aliphatic hydroxyl groups is 1. The lowest BCUT2D eigenvalue weighted by Crippen LogP contribution is -2.43. The van der Waals surface area contributed by atoms with Crippen molar-refractivity contribution in [2.75, 3.05) is 24.6 Å². The van der Waals surface area contributed by atoms with Gasteiger partial charge in [-0.05, 0) is 49.1 Å². The molecule has 2 N–H and O–H groups in total. The van der Waals surface area contributed by atoms with E-state index in [9.17, 15) is 14.7 Å². The van der Waals surface area contributed by atoms with Gasteiger partial charge in [0.2, 0.25) is 0 Å². The second-order valence-corrected chi connectivity index (χ2v) is 7.26. The number of hydrogen-bond acceptors (Lipinski definition) is 5. The van der Waals surface area contributed by atoms with Gasteiger partial charge in [0, 0.05) is 18.8 Å². The van der Waals surface area contributed by atoms with Gasteiger partial charge in [-0.1, -0.05) is 43.3 Å². The number of amides is 3. The summed E-state index contributed by atoms with van der Waals surface area (Å²) in [5, 5.41) is 17.2. The maximum absolute atomic E-state index is 13.1. The zero-order chi connectivity index (χ0) is 21.7. The van der Waals surface area contributed by atoms with Crippen LogP contribution in [0.15, 0.2) is 53.6 Å². The minimum atomic E-state index is -1.10. The molecule has 158 valence electrons. The Morgan fingerprint density at radius 1 is 1.17 bits per heavy atom. The summed E-state index contributed by atoms with van der Waals surface area (Å²) in [5.74, 6) is -0.383. The minimum absolute atomic E-state index is 0.0862. The minimum Gasteiger partial charge on any atom is -0.395 e. The molecule has 1 atom stereocenters. The molecule has 2 aromatic rings. The molecule has 3 rings (SSSR count). The molecule has 7 nitrogen and oxygen atoms in total. The second kappa shape index (κ2) is 9.09. The maximum atomic E-state index is 13.1. The van der Waals surface area contributed by atoms with Gasteiger partial charge in [-0.15, -0.1) is 5.01 Å². The third kappa shape index (κ3) is 3.93. The fourth-order valence-corrected chi connectivity index (χ4v) is 3.74. The van der Waals surface area contributed by atoms with E-state index in [2.05, 4.69) is 15.3 Å². The number of urea groups is 1. The highest BCUT2D eigenvalue weighted by atomic mass is 16.3. The van der Waals surface area contributed by atoms with E-state index in [1.807, 2.05) is 69.3 Å². The van der Waals surface area contributed by atoms with E-state index < -0.39 is 11.6 Å². The number of carbonyl (C=O) groups is 2. The molecule has 3 amide bonds. The molecule has 0 saturated carbocycles. The van der Waals surface area contributed by atoms with Gasteiger partial charge < -0.3 is 15.3 Å². The number of carbonyl (C=O) groups excluding carboxylic acids is 2. The molecule has 0 unspecified atom stereocenters. The number of nitrogens with zero attached hydrogens (tertiary/aromatic N) is 3. The molecule has 0 aromatic heterocycles. The molecule has 1 fully saturated rings. The Bertz CT molecular complexity index is 945. The van der Waals surface area contributed by atoms with E-state index in [-0.39, 0.29) is 12.5 Å². The number of imide groups is 1. The van der Waals surface area contributed by atoms with Crippen LogP contribution in [0.25, 0.3) is 0 Å². The van der Waals surface area contributed by atoms with E-state index in [1.54, 1.807) is 0 Å². The van der Waals surface area contributed by atoms with E-state index in [4.69, 9.17) is 0 Å². The van der Waals surface area contributed by atoms with Crippen molar-refractivity contribution in [3.8, 4) is 0 Å². The van der Waals surface area contributed by atoms with Crippen LogP contribution < -0.4 is 10.2 Å². The van der Waals surface area contributed by atoms with Crippen LogP contribution in [0, 0.1) is 6.92 Å². The Morgan fingerprint density at radius 2 is 1.90 bits per heavy atom. The summed E-state index contributed by atoms with van der Waals surface area (Å²) in [6, 6.07) is 14.6. The molecular weight excluding hydrogens is 380 g/mol. The highest BCUT2D eigenvalue weighted by Gasteiger charge is 2.51. The van der Waals surface area contributed by atoms with E-state index in [0.717, 1.165) is 33.9 Å². The van der Waals surface area contributed by atoms with Gasteiger partial charge in [0.1, 0.15) is 5.54 Å². The smallest absolute Gasteiger partial charge is 0.346 e. The average molecular weight is 409 g/mol. The predicted octanol–water partition coefficient (Wildman–Crippen LogP) is 3.00. The molecule has 1 aliphatic heterocycles. The highest BCUT2D eigenvalue weighted by Crippen LogP contribution is 2.32. The first-order valence-corrected chi connectivity index (χ1v) is 10.2. The Balaban J connectivity index is 1.84. The van der Waals surface area contributed by atoms with Gasteiger partial charge in [0.05, 0.1) is 12.8 Å². The second-order valence-electron chi connectivity index (χ2n) is 7.26. The molecule has 0 spiro atoms. The molecule has 1 heterocycles. The topological polar surface area (TPSA) is 85.2 Å². The summed E-state index contributed by atoms with van der Waals surface area (Å²) in [6.07, 6.45) is 1.97. The van der Waals surface area contributed by atoms with E-state index in [1.165, 1.54) is 6.21 Å². The fourth-order valence-electron chi connectivity index (χ4n) is 3.74. The van der Waals surface area contributed by atoms with Crippen molar-refractivity contribution < 1.29 is 14.7 Å². The number of hydrazone groups is 1. The fraction of sp³-hybridized carbons (Fsp3) is 0.348. The molecule has 1 aliphatic rings. The van der Waals surface area contributed by atoms with Crippen LogP contribution in [0.4, 0.5) is 10.5 Å². The van der Waals surface area contributed by atoms with Gasteiger partial charge in [0.25, 0.3) is 5.91 Å². The first-order chi connectivity index (χ1) is 14.5. The summed E-state index contributed by atoms with van der Waals surface area (Å²) in [5.41, 5.74) is 2.43. The summed E-state index contributed by atoms with van der Waals surface area (Å²) in [7, 11) is 0. The van der Waals surface area contributed by atoms with Crippen LogP contribution in [0.1, 0.15) is 37.0 Å². The summed E-state index contributed by atoms with van der Waals surface area (Å²) < 4.78 is 0. The van der Waals surface area contributed by atoms with E-state index >= 15 is 0 Å². The summed E-state index contributed by atoms with van der Waals surface area (Å²) in [6.45, 7) is 7.28. The molecule has 1 saturated heterocycles. The molecule has 0 radical (unpaired) electrons. The van der Waals surface area contributed by atoms with Gasteiger partial charge >= 0.3 is 6.03 Å². The zero-order valence-electron chi connectivity index (χ0n) is 17.6. The van der Waals surface area contributed by atoms with Crippen molar-refractivity contribution in [3.63, 3.8) is 0 Å². The number of rotatable bonds is 8. The van der Waals surface area contributed by atoms with Crippen molar-refractivity contribution in [2.24, 2.45) is 5.10 Å². The molecule has 0 bridgehead atoms. The number of benzene rings is 2. The Labute approximate surface area is 177 Å². The molecule has 0 aliphatic carbocycles.